The highest BCUT2D eigenvalue weighted by atomic mass is 32.1. The van der Waals surface area contributed by atoms with Gasteiger partial charge in [-0.25, -0.2) is 4.98 Å². The van der Waals surface area contributed by atoms with Gasteiger partial charge in [0.25, 0.3) is 0 Å². The van der Waals surface area contributed by atoms with Gasteiger partial charge < -0.3 is 5.32 Å². The predicted octanol–water partition coefficient (Wildman–Crippen LogP) is 3.36. The molecule has 0 fully saturated rings. The molecular weight excluding hydrogens is 254 g/mol. The molecule has 102 valence electrons. The third-order valence-corrected chi connectivity index (χ3v) is 4.13. The van der Waals surface area contributed by atoms with Crippen molar-refractivity contribution < 1.29 is 0 Å². The molecule has 0 aliphatic rings. The lowest BCUT2D eigenvalue weighted by Gasteiger charge is -2.19. The van der Waals surface area contributed by atoms with E-state index in [4.69, 9.17) is 0 Å². The number of thiazole rings is 1. The lowest BCUT2D eigenvalue weighted by atomic mass is 10.0. The molecule has 2 heterocycles. The lowest BCUT2D eigenvalue weighted by Crippen LogP contribution is -2.24. The Hall–Kier alpha value is -1.26. The molecule has 0 aliphatic carbocycles. The van der Waals surface area contributed by atoms with Crippen molar-refractivity contribution in [3.63, 3.8) is 0 Å². The molecule has 0 saturated carbocycles. The molecule has 1 unspecified atom stereocenters. The van der Waals surface area contributed by atoms with Crippen molar-refractivity contribution in [3.05, 3.63) is 45.2 Å². The van der Waals surface area contributed by atoms with E-state index in [0.717, 1.165) is 30.0 Å². The van der Waals surface area contributed by atoms with E-state index in [1.165, 1.54) is 10.6 Å². The van der Waals surface area contributed by atoms with Crippen molar-refractivity contribution in [2.45, 2.75) is 40.2 Å². The van der Waals surface area contributed by atoms with Crippen molar-refractivity contribution in [2.75, 3.05) is 6.54 Å². The summed E-state index contributed by atoms with van der Waals surface area (Å²) in [4.78, 5) is 9.13. The van der Waals surface area contributed by atoms with Crippen molar-refractivity contribution in [2.24, 2.45) is 0 Å². The van der Waals surface area contributed by atoms with Gasteiger partial charge in [0.05, 0.1) is 5.01 Å². The summed E-state index contributed by atoms with van der Waals surface area (Å²) in [6.07, 6.45) is 0.928. The number of rotatable bonds is 5. The van der Waals surface area contributed by atoms with Gasteiger partial charge in [-0.1, -0.05) is 13.0 Å². The fourth-order valence-electron chi connectivity index (χ4n) is 2.28. The van der Waals surface area contributed by atoms with Crippen molar-refractivity contribution in [1.29, 1.82) is 0 Å². The third-order valence-electron chi connectivity index (χ3n) is 3.14. The molecule has 1 N–H and O–H groups in total. The molecule has 19 heavy (non-hydrogen) atoms. The van der Waals surface area contributed by atoms with E-state index in [1.54, 1.807) is 11.3 Å². The highest BCUT2D eigenvalue weighted by Crippen LogP contribution is 2.22. The summed E-state index contributed by atoms with van der Waals surface area (Å²) in [5.41, 5.74) is 4.56. The minimum absolute atomic E-state index is 0.295. The van der Waals surface area contributed by atoms with E-state index >= 15 is 0 Å². The number of aromatic nitrogens is 2. The molecule has 2 aromatic heterocycles. The highest BCUT2D eigenvalue weighted by Gasteiger charge is 2.16. The molecule has 0 amide bonds. The summed E-state index contributed by atoms with van der Waals surface area (Å²) >= 11 is 1.74. The zero-order valence-corrected chi connectivity index (χ0v) is 12.8. The number of aryl methyl sites for hydroxylation is 3. The van der Waals surface area contributed by atoms with Crippen LogP contribution in [0.1, 0.15) is 40.6 Å². The van der Waals surface area contributed by atoms with Crippen molar-refractivity contribution in [3.8, 4) is 0 Å². The second-order valence-electron chi connectivity index (χ2n) is 4.82. The van der Waals surface area contributed by atoms with Crippen LogP contribution < -0.4 is 5.32 Å². The summed E-state index contributed by atoms with van der Waals surface area (Å²) in [6.45, 7) is 9.24. The Morgan fingerprint density at radius 3 is 2.53 bits per heavy atom. The highest BCUT2D eigenvalue weighted by molar-refractivity contribution is 7.09. The monoisotopic (exact) mass is 275 g/mol. The summed E-state index contributed by atoms with van der Waals surface area (Å²) in [7, 11) is 0. The second-order valence-corrected chi connectivity index (χ2v) is 5.77. The molecule has 2 rings (SSSR count). The Morgan fingerprint density at radius 2 is 1.95 bits per heavy atom. The fourth-order valence-corrected chi connectivity index (χ4v) is 3.09. The standard InChI is InChI=1S/C15H21N3S/c1-5-16-14(8-15-18-11(3)9-19-15)13-7-6-10(2)17-12(13)4/h6-7,9,14,16H,5,8H2,1-4H3. The van der Waals surface area contributed by atoms with Crippen molar-refractivity contribution >= 4 is 11.3 Å². The topological polar surface area (TPSA) is 37.8 Å². The fraction of sp³-hybridized carbons (Fsp3) is 0.467. The first-order valence-corrected chi connectivity index (χ1v) is 7.56. The maximum Gasteiger partial charge on any atom is 0.0947 e. The molecule has 2 aromatic rings. The number of nitrogens with one attached hydrogen (secondary N) is 1. The smallest absolute Gasteiger partial charge is 0.0947 e. The van der Waals surface area contributed by atoms with Crippen LogP contribution in [0.4, 0.5) is 0 Å². The number of likely N-dealkylation sites (N-methyl/N-ethyl adjacent to an activating group) is 1. The zero-order valence-electron chi connectivity index (χ0n) is 12.0. The number of nitrogens with zero attached hydrogens (tertiary/aromatic N) is 2. The predicted molar refractivity (Wildman–Crippen MR) is 80.7 cm³/mol. The molecule has 0 saturated heterocycles. The molecule has 0 radical (unpaired) electrons. The van der Waals surface area contributed by atoms with Crippen LogP contribution in [-0.2, 0) is 6.42 Å². The van der Waals surface area contributed by atoms with Gasteiger partial charge in [0.2, 0.25) is 0 Å². The summed E-state index contributed by atoms with van der Waals surface area (Å²) in [5, 5.41) is 6.84. The molecule has 1 atom stereocenters. The molecule has 0 spiro atoms. The largest absolute Gasteiger partial charge is 0.310 e. The van der Waals surface area contributed by atoms with Crippen LogP contribution in [0.5, 0.6) is 0 Å². The third kappa shape index (κ3) is 3.61. The minimum Gasteiger partial charge on any atom is -0.310 e. The second kappa shape index (κ2) is 6.26. The van der Waals surface area contributed by atoms with Crippen LogP contribution in [0.3, 0.4) is 0 Å². The normalized spacial score (nSPS) is 12.6. The van der Waals surface area contributed by atoms with Gasteiger partial charge in [0, 0.05) is 34.9 Å². The first-order valence-electron chi connectivity index (χ1n) is 6.68. The first kappa shape index (κ1) is 14.2. The average Bonchev–Trinajstić information content (AvgIpc) is 2.74. The van der Waals surface area contributed by atoms with E-state index in [-0.39, 0.29) is 0 Å². The number of hydrogen-bond donors (Lipinski definition) is 1. The number of pyridine rings is 1. The summed E-state index contributed by atoms with van der Waals surface area (Å²) < 4.78 is 0. The van der Waals surface area contributed by atoms with E-state index in [2.05, 4.69) is 46.6 Å². The summed E-state index contributed by atoms with van der Waals surface area (Å²) in [6, 6.07) is 4.56. The average molecular weight is 275 g/mol. The van der Waals surface area contributed by atoms with E-state index < -0.39 is 0 Å². The van der Waals surface area contributed by atoms with E-state index in [9.17, 15) is 0 Å². The summed E-state index contributed by atoms with van der Waals surface area (Å²) in [5.74, 6) is 0. The quantitative estimate of drug-likeness (QED) is 0.909. The minimum atomic E-state index is 0.295. The van der Waals surface area contributed by atoms with Crippen molar-refractivity contribution in [1.82, 2.24) is 15.3 Å². The van der Waals surface area contributed by atoms with E-state index in [1.807, 2.05) is 13.8 Å². The van der Waals surface area contributed by atoms with Crippen LogP contribution in [0, 0.1) is 20.8 Å². The maximum absolute atomic E-state index is 4.57. The van der Waals surface area contributed by atoms with Gasteiger partial charge in [-0.2, -0.15) is 0 Å². The van der Waals surface area contributed by atoms with Crippen LogP contribution >= 0.6 is 11.3 Å². The van der Waals surface area contributed by atoms with Crippen LogP contribution in [-0.4, -0.2) is 16.5 Å². The Kier molecular flexibility index (Phi) is 4.66. The SMILES string of the molecule is CCNC(Cc1nc(C)cs1)c1ccc(C)nc1C. The first-order chi connectivity index (χ1) is 9.10. The zero-order chi connectivity index (χ0) is 13.8. The Labute approximate surface area is 119 Å². The molecule has 0 bridgehead atoms. The Morgan fingerprint density at radius 1 is 1.16 bits per heavy atom. The molecule has 0 aromatic carbocycles. The molecule has 0 aliphatic heterocycles. The lowest BCUT2D eigenvalue weighted by molar-refractivity contribution is 0.543. The van der Waals surface area contributed by atoms with Crippen LogP contribution in [0.15, 0.2) is 17.5 Å². The van der Waals surface area contributed by atoms with Gasteiger partial charge in [-0.3, -0.25) is 4.98 Å². The van der Waals surface area contributed by atoms with E-state index in [0.29, 0.717) is 6.04 Å². The van der Waals surface area contributed by atoms with Crippen LogP contribution in [0.2, 0.25) is 0 Å². The van der Waals surface area contributed by atoms with Gasteiger partial charge in [-0.15, -0.1) is 11.3 Å². The molecular formula is C15H21N3S. The van der Waals surface area contributed by atoms with Gasteiger partial charge >= 0.3 is 0 Å². The van der Waals surface area contributed by atoms with Crippen LogP contribution in [0.25, 0.3) is 0 Å². The molecule has 3 nitrogen and oxygen atoms in total. The Bertz CT molecular complexity index is 548. The Balaban J connectivity index is 2.23. The maximum atomic E-state index is 4.57. The molecule has 4 heteroatoms. The van der Waals surface area contributed by atoms with Gasteiger partial charge in [-0.05, 0) is 38.9 Å². The van der Waals surface area contributed by atoms with Gasteiger partial charge in [0.1, 0.15) is 0 Å². The van der Waals surface area contributed by atoms with Gasteiger partial charge in [0.15, 0.2) is 0 Å². The number of hydrogen-bond acceptors (Lipinski definition) is 4.